The smallest absolute Gasteiger partial charge is 0.384 e. The third-order valence-electron chi connectivity index (χ3n) is 1.77. The first-order valence-electron chi connectivity index (χ1n) is 4.56. The maximum atomic E-state index is 11.8. The molecule has 0 spiro atoms. The van der Waals surface area contributed by atoms with Gasteiger partial charge in [-0.25, -0.2) is 4.98 Å². The Kier molecular flexibility index (Phi) is 4.17. The zero-order chi connectivity index (χ0) is 13.1. The highest BCUT2D eigenvalue weighted by molar-refractivity contribution is 6.29. The number of halogens is 4. The number of carbonyl (C=O) groups excluding carboxylic acids is 1. The van der Waals surface area contributed by atoms with Gasteiger partial charge in [0.15, 0.2) is 0 Å². The molecule has 0 aliphatic heterocycles. The number of alkyl halides is 3. The Morgan fingerprint density at radius 1 is 1.47 bits per heavy atom. The number of pyridine rings is 1. The summed E-state index contributed by atoms with van der Waals surface area (Å²) in [5.74, 6) is -0.649. The van der Waals surface area contributed by atoms with E-state index in [0.29, 0.717) is 0 Å². The van der Waals surface area contributed by atoms with E-state index in [9.17, 15) is 18.0 Å². The predicted octanol–water partition coefficient (Wildman–Crippen LogP) is 2.00. The van der Waals surface area contributed by atoms with Gasteiger partial charge in [-0.3, -0.25) is 4.79 Å². The SMILES string of the molecule is Nc1cc(C(=O)NCCC(F)(F)F)cc(Cl)n1. The number of hydrogen-bond donors (Lipinski definition) is 2. The third-order valence-corrected chi connectivity index (χ3v) is 1.96. The van der Waals surface area contributed by atoms with Gasteiger partial charge >= 0.3 is 6.18 Å². The van der Waals surface area contributed by atoms with E-state index in [2.05, 4.69) is 10.3 Å². The summed E-state index contributed by atoms with van der Waals surface area (Å²) < 4.78 is 35.5. The van der Waals surface area contributed by atoms with Crippen LogP contribution in [0.15, 0.2) is 12.1 Å². The van der Waals surface area contributed by atoms with Crippen molar-refractivity contribution in [3.8, 4) is 0 Å². The van der Waals surface area contributed by atoms with Crippen LogP contribution in [0.4, 0.5) is 19.0 Å². The molecule has 1 rings (SSSR count). The highest BCUT2D eigenvalue weighted by Gasteiger charge is 2.26. The van der Waals surface area contributed by atoms with E-state index in [0.717, 1.165) is 0 Å². The summed E-state index contributed by atoms with van der Waals surface area (Å²) in [4.78, 5) is 15.0. The summed E-state index contributed by atoms with van der Waals surface area (Å²) in [7, 11) is 0. The Morgan fingerprint density at radius 2 is 2.12 bits per heavy atom. The molecule has 1 aromatic rings. The summed E-state index contributed by atoms with van der Waals surface area (Å²) in [6.07, 6.45) is -5.39. The lowest BCUT2D eigenvalue weighted by molar-refractivity contribution is -0.132. The standard InChI is InChI=1S/C9H9ClF3N3O/c10-6-3-5(4-7(14)16-6)8(17)15-2-1-9(11,12)13/h3-4H,1-2H2,(H2,14,16)(H,15,17). The fourth-order valence-corrected chi connectivity index (χ4v) is 1.28. The summed E-state index contributed by atoms with van der Waals surface area (Å²) >= 11 is 5.55. The second-order valence-electron chi connectivity index (χ2n) is 3.22. The van der Waals surface area contributed by atoms with Crippen molar-refractivity contribution in [3.63, 3.8) is 0 Å². The molecule has 0 unspecified atom stereocenters. The number of amides is 1. The highest BCUT2D eigenvalue weighted by atomic mass is 35.5. The van der Waals surface area contributed by atoms with Crippen LogP contribution in [0.2, 0.25) is 5.15 Å². The molecule has 0 aliphatic carbocycles. The molecule has 1 amide bonds. The quantitative estimate of drug-likeness (QED) is 0.823. The van der Waals surface area contributed by atoms with Gasteiger partial charge < -0.3 is 11.1 Å². The lowest BCUT2D eigenvalue weighted by Crippen LogP contribution is -2.28. The first-order chi connectivity index (χ1) is 7.78. The fourth-order valence-electron chi connectivity index (χ4n) is 1.07. The largest absolute Gasteiger partial charge is 0.390 e. The Morgan fingerprint density at radius 3 is 2.65 bits per heavy atom. The van der Waals surface area contributed by atoms with Crippen LogP contribution in [0.5, 0.6) is 0 Å². The Hall–Kier alpha value is -1.50. The van der Waals surface area contributed by atoms with E-state index in [1.807, 2.05) is 0 Å². The van der Waals surface area contributed by atoms with Crippen molar-refractivity contribution < 1.29 is 18.0 Å². The predicted molar refractivity (Wildman–Crippen MR) is 56.7 cm³/mol. The second kappa shape index (κ2) is 5.22. The number of hydrogen-bond acceptors (Lipinski definition) is 3. The topological polar surface area (TPSA) is 68.0 Å². The van der Waals surface area contributed by atoms with Crippen LogP contribution in [0.3, 0.4) is 0 Å². The molecule has 3 N–H and O–H groups in total. The van der Waals surface area contributed by atoms with Crippen LogP contribution in [-0.4, -0.2) is 23.6 Å². The molecular weight excluding hydrogens is 259 g/mol. The minimum absolute atomic E-state index is 0.00553. The van der Waals surface area contributed by atoms with Crippen LogP contribution >= 0.6 is 11.6 Å². The molecular formula is C9H9ClF3N3O. The second-order valence-corrected chi connectivity index (χ2v) is 3.61. The van der Waals surface area contributed by atoms with Crippen molar-refractivity contribution in [1.82, 2.24) is 10.3 Å². The van der Waals surface area contributed by atoms with Crippen LogP contribution in [-0.2, 0) is 0 Å². The van der Waals surface area contributed by atoms with Gasteiger partial charge in [-0.1, -0.05) is 11.6 Å². The van der Waals surface area contributed by atoms with E-state index in [-0.39, 0.29) is 16.5 Å². The summed E-state index contributed by atoms with van der Waals surface area (Å²) in [5.41, 5.74) is 5.41. The zero-order valence-corrected chi connectivity index (χ0v) is 9.27. The minimum atomic E-state index is -4.30. The minimum Gasteiger partial charge on any atom is -0.384 e. The fraction of sp³-hybridized carbons (Fsp3) is 0.333. The maximum Gasteiger partial charge on any atom is 0.390 e. The van der Waals surface area contributed by atoms with Gasteiger partial charge in [0.2, 0.25) is 0 Å². The van der Waals surface area contributed by atoms with Crippen LogP contribution in [0.1, 0.15) is 16.8 Å². The normalized spacial score (nSPS) is 11.3. The lowest BCUT2D eigenvalue weighted by atomic mass is 10.2. The Bertz CT molecular complexity index is 402. The molecule has 0 saturated carbocycles. The van der Waals surface area contributed by atoms with Crippen LogP contribution < -0.4 is 11.1 Å². The van der Waals surface area contributed by atoms with Gasteiger partial charge in [-0.05, 0) is 12.1 Å². The number of nitrogens with zero attached hydrogens (tertiary/aromatic N) is 1. The van der Waals surface area contributed by atoms with Crippen molar-refractivity contribution in [2.24, 2.45) is 0 Å². The summed E-state index contributed by atoms with van der Waals surface area (Å²) in [6.45, 7) is -0.498. The maximum absolute atomic E-state index is 11.8. The van der Waals surface area contributed by atoms with Gasteiger partial charge in [0.25, 0.3) is 5.91 Å². The number of rotatable bonds is 3. The average Bonchev–Trinajstić information content (AvgIpc) is 2.13. The van der Waals surface area contributed by atoms with E-state index in [4.69, 9.17) is 17.3 Å². The Labute approximate surface area is 100.0 Å². The molecule has 1 aromatic heterocycles. The molecule has 17 heavy (non-hydrogen) atoms. The van der Waals surface area contributed by atoms with Crippen molar-refractivity contribution in [2.75, 3.05) is 12.3 Å². The molecule has 0 bridgehead atoms. The molecule has 1 heterocycles. The Balaban J connectivity index is 2.58. The van der Waals surface area contributed by atoms with Crippen LogP contribution in [0, 0.1) is 0 Å². The molecule has 0 aliphatic rings. The van der Waals surface area contributed by atoms with Gasteiger partial charge in [0.05, 0.1) is 6.42 Å². The number of aromatic nitrogens is 1. The molecule has 0 fully saturated rings. The zero-order valence-electron chi connectivity index (χ0n) is 8.51. The molecule has 8 heteroatoms. The third kappa shape index (κ3) is 4.90. The van der Waals surface area contributed by atoms with Crippen molar-refractivity contribution >= 4 is 23.3 Å². The van der Waals surface area contributed by atoms with E-state index >= 15 is 0 Å². The molecule has 0 radical (unpaired) electrons. The van der Waals surface area contributed by atoms with Gasteiger partial charge in [-0.2, -0.15) is 13.2 Å². The number of nitrogens with two attached hydrogens (primary N) is 1. The van der Waals surface area contributed by atoms with Crippen LogP contribution in [0.25, 0.3) is 0 Å². The van der Waals surface area contributed by atoms with E-state index < -0.39 is 25.0 Å². The number of nitrogen functional groups attached to an aromatic ring is 1. The van der Waals surface area contributed by atoms with Crippen molar-refractivity contribution in [2.45, 2.75) is 12.6 Å². The molecule has 0 atom stereocenters. The molecule has 4 nitrogen and oxygen atoms in total. The average molecular weight is 268 g/mol. The summed E-state index contributed by atoms with van der Waals surface area (Å²) in [5, 5.41) is 2.11. The lowest BCUT2D eigenvalue weighted by Gasteiger charge is -2.08. The van der Waals surface area contributed by atoms with Crippen molar-refractivity contribution in [3.05, 3.63) is 22.8 Å². The number of anilines is 1. The number of carbonyl (C=O) groups is 1. The van der Waals surface area contributed by atoms with E-state index in [1.165, 1.54) is 12.1 Å². The molecule has 0 aromatic carbocycles. The number of nitrogens with one attached hydrogen (secondary N) is 1. The van der Waals surface area contributed by atoms with Crippen molar-refractivity contribution in [1.29, 1.82) is 0 Å². The van der Waals surface area contributed by atoms with Gasteiger partial charge in [0.1, 0.15) is 11.0 Å². The monoisotopic (exact) mass is 267 g/mol. The van der Waals surface area contributed by atoms with Gasteiger partial charge in [0, 0.05) is 12.1 Å². The molecule has 94 valence electrons. The van der Waals surface area contributed by atoms with Gasteiger partial charge in [-0.15, -0.1) is 0 Å². The first-order valence-corrected chi connectivity index (χ1v) is 4.94. The van der Waals surface area contributed by atoms with E-state index in [1.54, 1.807) is 0 Å². The highest BCUT2D eigenvalue weighted by Crippen LogP contribution is 2.18. The summed E-state index contributed by atoms with van der Waals surface area (Å²) in [6, 6.07) is 2.45. The molecule has 0 saturated heterocycles. The first kappa shape index (κ1) is 13.6.